The van der Waals surface area contributed by atoms with Gasteiger partial charge in [0.1, 0.15) is 0 Å². The van der Waals surface area contributed by atoms with Crippen LogP contribution in [0.3, 0.4) is 0 Å². The predicted octanol–water partition coefficient (Wildman–Crippen LogP) is 2.11. The molecule has 82 valence electrons. The highest BCUT2D eigenvalue weighted by molar-refractivity contribution is 14.1. The number of carbonyl (C=O) groups excluding carboxylic acids is 1. The number of halogens is 1. The van der Waals surface area contributed by atoms with Gasteiger partial charge in [0.25, 0.3) is 0 Å². The van der Waals surface area contributed by atoms with Gasteiger partial charge in [-0.1, -0.05) is 12.1 Å². The van der Waals surface area contributed by atoms with Crippen LogP contribution in [0.5, 0.6) is 0 Å². The first-order valence-corrected chi connectivity index (χ1v) is 5.77. The van der Waals surface area contributed by atoms with Gasteiger partial charge in [0.05, 0.1) is 13.7 Å². The molecule has 0 amide bonds. The Balaban J connectivity index is 2.50. The molecule has 0 fully saturated rings. The predicted molar refractivity (Wildman–Crippen MR) is 67.6 cm³/mol. The molecule has 4 heteroatoms. The Morgan fingerprint density at radius 3 is 2.60 bits per heavy atom. The van der Waals surface area contributed by atoms with Gasteiger partial charge in [-0.15, -0.1) is 0 Å². The summed E-state index contributed by atoms with van der Waals surface area (Å²) in [4.78, 5) is 10.9. The van der Waals surface area contributed by atoms with E-state index in [-0.39, 0.29) is 18.6 Å². The van der Waals surface area contributed by atoms with Crippen LogP contribution in [0, 0.1) is 3.57 Å². The summed E-state index contributed by atoms with van der Waals surface area (Å²) in [6.45, 7) is 2.26. The van der Waals surface area contributed by atoms with Gasteiger partial charge < -0.3 is 10.1 Å². The minimum atomic E-state index is -0.243. The number of rotatable bonds is 4. The number of nitrogens with one attached hydrogen (secondary N) is 1. The van der Waals surface area contributed by atoms with Crippen LogP contribution in [0.15, 0.2) is 24.3 Å². The fraction of sp³-hybridized carbons (Fsp3) is 0.364. The van der Waals surface area contributed by atoms with E-state index in [9.17, 15) is 4.79 Å². The fourth-order valence-corrected chi connectivity index (χ4v) is 1.54. The van der Waals surface area contributed by atoms with Crippen LogP contribution in [0.2, 0.25) is 0 Å². The van der Waals surface area contributed by atoms with E-state index in [4.69, 9.17) is 0 Å². The monoisotopic (exact) mass is 319 g/mol. The van der Waals surface area contributed by atoms with E-state index in [1.807, 2.05) is 19.1 Å². The summed E-state index contributed by atoms with van der Waals surface area (Å²) in [5.41, 5.74) is 1.17. The first kappa shape index (κ1) is 12.4. The van der Waals surface area contributed by atoms with Crippen molar-refractivity contribution in [2.75, 3.05) is 13.7 Å². The lowest BCUT2D eigenvalue weighted by molar-refractivity contribution is -0.139. The molecule has 1 aromatic rings. The van der Waals surface area contributed by atoms with Gasteiger partial charge >= 0.3 is 5.97 Å². The van der Waals surface area contributed by atoms with Crippen LogP contribution < -0.4 is 5.32 Å². The van der Waals surface area contributed by atoms with Gasteiger partial charge in [0, 0.05) is 9.61 Å². The maximum Gasteiger partial charge on any atom is 0.319 e. The van der Waals surface area contributed by atoms with Gasteiger partial charge in [-0.05, 0) is 47.2 Å². The summed E-state index contributed by atoms with van der Waals surface area (Å²) in [6.07, 6.45) is 0. The molecule has 0 bridgehead atoms. The third kappa shape index (κ3) is 4.17. The Kier molecular flexibility index (Phi) is 5.04. The van der Waals surface area contributed by atoms with Crippen molar-refractivity contribution < 1.29 is 9.53 Å². The summed E-state index contributed by atoms with van der Waals surface area (Å²) < 4.78 is 5.76. The topological polar surface area (TPSA) is 38.3 Å². The van der Waals surface area contributed by atoms with E-state index in [0.717, 1.165) is 0 Å². The molecule has 15 heavy (non-hydrogen) atoms. The van der Waals surface area contributed by atoms with E-state index in [1.165, 1.54) is 16.2 Å². The Bertz CT molecular complexity index is 324. The number of benzene rings is 1. The van der Waals surface area contributed by atoms with E-state index in [2.05, 4.69) is 44.8 Å². The van der Waals surface area contributed by atoms with Crippen molar-refractivity contribution >= 4 is 28.6 Å². The van der Waals surface area contributed by atoms with Crippen LogP contribution in [0.4, 0.5) is 0 Å². The molecule has 0 aliphatic heterocycles. The average Bonchev–Trinajstić information content (AvgIpc) is 2.26. The van der Waals surface area contributed by atoms with Crippen molar-refractivity contribution in [3.8, 4) is 0 Å². The molecule has 0 spiro atoms. The fourth-order valence-electron chi connectivity index (χ4n) is 1.18. The molecular weight excluding hydrogens is 305 g/mol. The molecule has 0 heterocycles. The van der Waals surface area contributed by atoms with E-state index >= 15 is 0 Å². The Labute approximate surface area is 103 Å². The molecule has 0 aliphatic carbocycles. The van der Waals surface area contributed by atoms with Gasteiger partial charge in [0.2, 0.25) is 0 Å². The Morgan fingerprint density at radius 1 is 1.47 bits per heavy atom. The highest BCUT2D eigenvalue weighted by Gasteiger charge is 2.06. The minimum absolute atomic E-state index is 0.154. The number of ether oxygens (including phenoxy) is 1. The molecule has 0 saturated carbocycles. The quantitative estimate of drug-likeness (QED) is 0.682. The first-order chi connectivity index (χ1) is 7.13. The summed E-state index contributed by atoms with van der Waals surface area (Å²) in [5.74, 6) is -0.243. The standard InChI is InChI=1S/C11H14INO2/c1-8(13-7-11(14)15-2)9-3-5-10(12)6-4-9/h3-6,8,13H,7H2,1-2H3. The van der Waals surface area contributed by atoms with Crippen molar-refractivity contribution in [1.82, 2.24) is 5.32 Å². The van der Waals surface area contributed by atoms with Gasteiger partial charge in [-0.25, -0.2) is 0 Å². The molecule has 3 nitrogen and oxygen atoms in total. The van der Waals surface area contributed by atoms with Gasteiger partial charge in [-0.2, -0.15) is 0 Å². The maximum absolute atomic E-state index is 10.9. The lowest BCUT2D eigenvalue weighted by atomic mass is 10.1. The minimum Gasteiger partial charge on any atom is -0.468 e. The molecule has 0 saturated heterocycles. The second kappa shape index (κ2) is 6.07. The molecule has 1 rings (SSSR count). The lowest BCUT2D eigenvalue weighted by Gasteiger charge is -2.13. The average molecular weight is 319 g/mol. The van der Waals surface area contributed by atoms with Crippen LogP contribution in [-0.2, 0) is 9.53 Å². The van der Waals surface area contributed by atoms with Crippen molar-refractivity contribution in [2.24, 2.45) is 0 Å². The summed E-state index contributed by atoms with van der Waals surface area (Å²) in [5, 5.41) is 3.09. The smallest absolute Gasteiger partial charge is 0.319 e. The zero-order valence-electron chi connectivity index (χ0n) is 8.79. The molecule has 0 radical (unpaired) electrons. The van der Waals surface area contributed by atoms with Crippen LogP contribution in [-0.4, -0.2) is 19.6 Å². The molecule has 1 unspecified atom stereocenters. The zero-order valence-corrected chi connectivity index (χ0v) is 10.9. The van der Waals surface area contributed by atoms with Crippen molar-refractivity contribution in [2.45, 2.75) is 13.0 Å². The van der Waals surface area contributed by atoms with Crippen molar-refractivity contribution in [3.05, 3.63) is 33.4 Å². The first-order valence-electron chi connectivity index (χ1n) is 4.69. The van der Waals surface area contributed by atoms with Crippen molar-refractivity contribution in [1.29, 1.82) is 0 Å². The third-order valence-electron chi connectivity index (χ3n) is 2.15. The van der Waals surface area contributed by atoms with Crippen LogP contribution >= 0.6 is 22.6 Å². The third-order valence-corrected chi connectivity index (χ3v) is 2.87. The normalized spacial score (nSPS) is 12.2. The largest absolute Gasteiger partial charge is 0.468 e. The van der Waals surface area contributed by atoms with Crippen LogP contribution in [0.1, 0.15) is 18.5 Å². The van der Waals surface area contributed by atoms with Crippen LogP contribution in [0.25, 0.3) is 0 Å². The highest BCUT2D eigenvalue weighted by atomic mass is 127. The number of esters is 1. The van der Waals surface area contributed by atoms with E-state index < -0.39 is 0 Å². The van der Waals surface area contributed by atoms with Crippen molar-refractivity contribution in [3.63, 3.8) is 0 Å². The Hall–Kier alpha value is -0.620. The number of hydrogen-bond donors (Lipinski definition) is 1. The van der Waals surface area contributed by atoms with E-state index in [1.54, 1.807) is 0 Å². The Morgan fingerprint density at radius 2 is 2.07 bits per heavy atom. The number of hydrogen-bond acceptors (Lipinski definition) is 3. The molecule has 1 aromatic carbocycles. The summed E-state index contributed by atoms with van der Waals surface area (Å²) in [6, 6.07) is 8.35. The molecule has 0 aliphatic rings. The second-order valence-electron chi connectivity index (χ2n) is 3.23. The summed E-state index contributed by atoms with van der Waals surface area (Å²) in [7, 11) is 1.39. The molecule has 1 N–H and O–H groups in total. The second-order valence-corrected chi connectivity index (χ2v) is 4.48. The zero-order chi connectivity index (χ0) is 11.3. The van der Waals surface area contributed by atoms with Gasteiger partial charge in [0.15, 0.2) is 0 Å². The van der Waals surface area contributed by atoms with E-state index in [0.29, 0.717) is 0 Å². The lowest BCUT2D eigenvalue weighted by Crippen LogP contribution is -2.26. The SMILES string of the molecule is COC(=O)CNC(C)c1ccc(I)cc1. The molecular formula is C11H14INO2. The molecule has 0 aromatic heterocycles. The summed E-state index contributed by atoms with van der Waals surface area (Å²) >= 11 is 2.26. The number of carbonyl (C=O) groups is 1. The van der Waals surface area contributed by atoms with Gasteiger partial charge in [-0.3, -0.25) is 4.79 Å². The maximum atomic E-state index is 10.9. The molecule has 1 atom stereocenters. The number of methoxy groups -OCH3 is 1. The highest BCUT2D eigenvalue weighted by Crippen LogP contribution is 2.13.